The third-order valence-electron chi connectivity index (χ3n) is 2.41. The van der Waals surface area contributed by atoms with E-state index in [0.29, 0.717) is 0 Å². The third kappa shape index (κ3) is 1.49. The molecule has 0 bridgehead atoms. The van der Waals surface area contributed by atoms with Gasteiger partial charge in [0.2, 0.25) is 0 Å². The predicted octanol–water partition coefficient (Wildman–Crippen LogP) is 1.42. The van der Waals surface area contributed by atoms with Crippen molar-refractivity contribution < 1.29 is 19.4 Å². The predicted molar refractivity (Wildman–Crippen MR) is 56.1 cm³/mol. The van der Waals surface area contributed by atoms with Crippen LogP contribution in [0.5, 0.6) is 0 Å². The van der Waals surface area contributed by atoms with Gasteiger partial charge in [-0.25, -0.2) is 0 Å². The van der Waals surface area contributed by atoms with Crippen LogP contribution in [0.4, 0.5) is 0 Å². The van der Waals surface area contributed by atoms with Crippen molar-refractivity contribution in [2.45, 2.75) is 0 Å². The Hall–Kier alpha value is -0.722. The Morgan fingerprint density at radius 1 is 1.36 bits per heavy atom. The first-order valence-electron chi connectivity index (χ1n) is 4.50. The molecule has 1 aromatic carbocycles. The van der Waals surface area contributed by atoms with Crippen molar-refractivity contribution in [3.63, 3.8) is 0 Å². The van der Waals surface area contributed by atoms with E-state index in [1.807, 2.05) is 7.05 Å². The number of benzene rings is 1. The minimum absolute atomic E-state index is 1.28. The molecular formula is C11H12N2W. The first-order chi connectivity index (χ1) is 6.74. The fourth-order valence-electron chi connectivity index (χ4n) is 1.63. The molecule has 0 saturated carbocycles. The zero-order valence-electron chi connectivity index (χ0n) is 8.24. The topological polar surface area (TPSA) is 17.0 Å². The molecule has 0 atom stereocenters. The molecule has 2 aromatic rings. The number of hydrogen-bond donors (Lipinski definition) is 1. The molecule has 0 spiro atoms. The molecule has 1 N–H and O–H groups in total. The van der Waals surface area contributed by atoms with Gasteiger partial charge < -0.3 is 0 Å². The molecule has 0 aliphatic rings. The molecule has 0 unspecified atom stereocenters. The Kier molecular flexibility index (Phi) is 2.66. The Bertz CT molecular complexity index is 485. The average Bonchev–Trinajstić information content (AvgIpc) is 2.56. The zero-order valence-corrected chi connectivity index (χ0v) is 11.2. The number of para-hydroxylation sites is 1. The van der Waals surface area contributed by atoms with Gasteiger partial charge in [0.05, 0.1) is 0 Å². The van der Waals surface area contributed by atoms with Crippen molar-refractivity contribution in [1.82, 2.24) is 9.88 Å². The van der Waals surface area contributed by atoms with E-state index in [4.69, 9.17) is 0 Å². The van der Waals surface area contributed by atoms with E-state index in [1.165, 1.54) is 40.0 Å². The summed E-state index contributed by atoms with van der Waals surface area (Å²) in [5, 5.41) is 4.52. The first kappa shape index (κ1) is 9.82. The van der Waals surface area contributed by atoms with Crippen molar-refractivity contribution in [2.24, 2.45) is 7.05 Å². The van der Waals surface area contributed by atoms with Crippen LogP contribution in [0.2, 0.25) is 0 Å². The van der Waals surface area contributed by atoms with Crippen LogP contribution in [-0.4, -0.2) is 15.6 Å². The summed E-state index contributed by atoms with van der Waals surface area (Å²) in [7, 11) is 4.08. The van der Waals surface area contributed by atoms with E-state index in [2.05, 4.69) is 47.3 Å². The molecular weight excluding hydrogens is 344 g/mol. The Balaban J connectivity index is 2.68. The standard InChI is InChI=1S/C11H12N2.W/c1-12-8-10-7-9-5-3-4-6-11(9)13(10)2;/h3-7,12H,1-2H3;. The third-order valence-corrected chi connectivity index (χ3v) is 3.90. The van der Waals surface area contributed by atoms with Crippen molar-refractivity contribution in [1.29, 1.82) is 0 Å². The molecule has 3 heteroatoms. The Morgan fingerprint density at radius 3 is 2.71 bits per heavy atom. The normalized spacial score (nSPS) is 10.7. The molecule has 2 nitrogen and oxygen atoms in total. The molecule has 14 heavy (non-hydrogen) atoms. The second-order valence-electron chi connectivity index (χ2n) is 3.23. The average molecular weight is 356 g/mol. The quantitative estimate of drug-likeness (QED) is 0.862. The van der Waals surface area contributed by atoms with E-state index in [0.717, 1.165) is 0 Å². The number of rotatable bonds is 2. The number of nitrogens with zero attached hydrogens (tertiary/aromatic N) is 1. The molecule has 0 fully saturated rings. The van der Waals surface area contributed by atoms with Gasteiger partial charge in [-0.15, -0.1) is 0 Å². The molecule has 72 valence electrons. The summed E-state index contributed by atoms with van der Waals surface area (Å²) < 4.78 is 3.51. The van der Waals surface area contributed by atoms with Crippen LogP contribution in [-0.2, 0) is 26.4 Å². The number of aromatic nitrogens is 1. The molecule has 2 rings (SSSR count). The summed E-state index contributed by atoms with van der Waals surface area (Å²) in [6.07, 6.45) is 0. The monoisotopic (exact) mass is 356 g/mol. The van der Waals surface area contributed by atoms with Crippen molar-refractivity contribution in [3.8, 4) is 0 Å². The van der Waals surface area contributed by atoms with Crippen LogP contribution < -0.4 is 5.32 Å². The number of aryl methyl sites for hydroxylation is 1. The zero-order chi connectivity index (χ0) is 10.1. The number of nitrogens with one attached hydrogen (secondary N) is 1. The second-order valence-corrected chi connectivity index (χ2v) is 4.69. The summed E-state index contributed by atoms with van der Waals surface area (Å²) in [5.74, 6) is 0. The SMILES string of the molecule is CN[C](=[W])c1cc2ccccc2n1C. The maximum absolute atomic E-state index is 3.22. The number of hydrogen-bond acceptors (Lipinski definition) is 1. The second kappa shape index (κ2) is 3.80. The molecule has 0 aliphatic carbocycles. The molecule has 0 aliphatic heterocycles. The van der Waals surface area contributed by atoms with Crippen LogP contribution in [0.15, 0.2) is 30.3 Å². The molecule has 0 saturated heterocycles. The van der Waals surface area contributed by atoms with E-state index < -0.39 is 0 Å². The van der Waals surface area contributed by atoms with Crippen LogP contribution in [0.25, 0.3) is 10.9 Å². The van der Waals surface area contributed by atoms with Crippen molar-refractivity contribution in [2.75, 3.05) is 7.05 Å². The van der Waals surface area contributed by atoms with Gasteiger partial charge in [-0.1, -0.05) is 0 Å². The van der Waals surface area contributed by atoms with Crippen LogP contribution in [0.3, 0.4) is 0 Å². The van der Waals surface area contributed by atoms with E-state index >= 15 is 0 Å². The van der Waals surface area contributed by atoms with Crippen molar-refractivity contribution >= 4 is 14.9 Å². The van der Waals surface area contributed by atoms with Gasteiger partial charge in [0.25, 0.3) is 0 Å². The van der Waals surface area contributed by atoms with Gasteiger partial charge in [0, 0.05) is 0 Å². The van der Waals surface area contributed by atoms with Gasteiger partial charge in [0.1, 0.15) is 0 Å². The first-order valence-corrected chi connectivity index (χ1v) is 5.97. The van der Waals surface area contributed by atoms with Gasteiger partial charge in [0.15, 0.2) is 0 Å². The van der Waals surface area contributed by atoms with E-state index in [1.54, 1.807) is 0 Å². The van der Waals surface area contributed by atoms with Crippen LogP contribution in [0.1, 0.15) is 5.69 Å². The summed E-state index contributed by atoms with van der Waals surface area (Å²) in [6, 6.07) is 10.7. The van der Waals surface area contributed by atoms with E-state index in [9.17, 15) is 0 Å². The summed E-state index contributed by atoms with van der Waals surface area (Å²) in [5.41, 5.74) is 2.57. The molecule has 0 radical (unpaired) electrons. The maximum atomic E-state index is 3.22. The summed E-state index contributed by atoms with van der Waals surface area (Å²) in [4.78, 5) is 0. The van der Waals surface area contributed by atoms with Gasteiger partial charge in [-0.2, -0.15) is 0 Å². The Labute approximate surface area is 94.3 Å². The molecule has 0 amide bonds. The summed E-state index contributed by atoms with van der Waals surface area (Å²) >= 11 is 1.47. The van der Waals surface area contributed by atoms with Crippen molar-refractivity contribution in [3.05, 3.63) is 36.0 Å². The summed E-state index contributed by atoms with van der Waals surface area (Å²) in [6.45, 7) is 0. The van der Waals surface area contributed by atoms with Crippen LogP contribution in [0, 0.1) is 0 Å². The fraction of sp³-hybridized carbons (Fsp3) is 0.182. The number of fused-ring (bicyclic) bond motifs is 1. The fourth-order valence-corrected chi connectivity index (χ4v) is 2.34. The van der Waals surface area contributed by atoms with Gasteiger partial charge in [-0.05, 0) is 0 Å². The molecule has 1 aromatic heterocycles. The Morgan fingerprint density at radius 2 is 2.07 bits per heavy atom. The van der Waals surface area contributed by atoms with Gasteiger partial charge in [-0.3, -0.25) is 0 Å². The van der Waals surface area contributed by atoms with Crippen LogP contribution >= 0.6 is 0 Å². The molecule has 1 heterocycles. The van der Waals surface area contributed by atoms with Gasteiger partial charge >= 0.3 is 94.3 Å². The minimum atomic E-state index is 1.28. The van der Waals surface area contributed by atoms with E-state index in [-0.39, 0.29) is 0 Å².